The molecule has 5 rings (SSSR count). The maximum atomic E-state index is 13.3. The van der Waals surface area contributed by atoms with Gasteiger partial charge in [-0.2, -0.15) is 0 Å². The zero-order valence-electron chi connectivity index (χ0n) is 19.9. The number of ketones is 1. The zero-order valence-corrected chi connectivity index (χ0v) is 19.9. The van der Waals surface area contributed by atoms with Crippen LogP contribution in [0.2, 0.25) is 0 Å². The van der Waals surface area contributed by atoms with Crippen molar-refractivity contribution in [1.29, 1.82) is 0 Å². The van der Waals surface area contributed by atoms with E-state index in [-0.39, 0.29) is 5.78 Å². The summed E-state index contributed by atoms with van der Waals surface area (Å²) in [5.41, 5.74) is 7.83. The van der Waals surface area contributed by atoms with E-state index in [2.05, 4.69) is 42.7 Å². The summed E-state index contributed by atoms with van der Waals surface area (Å²) < 4.78 is 2.27. The number of nitrogens with zero attached hydrogens (tertiary/aromatic N) is 1. The molecule has 0 spiro atoms. The lowest BCUT2D eigenvalue weighted by Crippen LogP contribution is -2.03. The number of carbonyl (C=O) groups excluding carboxylic acids is 1. The fraction of sp³-hybridized carbons (Fsp3) is 0.194. The highest BCUT2D eigenvalue weighted by atomic mass is 16.3. The number of carbonyl (C=O) groups is 1. The topological polar surface area (TPSA) is 42.2 Å². The maximum Gasteiger partial charge on any atom is 0.193 e. The van der Waals surface area contributed by atoms with Gasteiger partial charge in [-0.25, -0.2) is 0 Å². The summed E-state index contributed by atoms with van der Waals surface area (Å²) in [4.78, 5) is 13.3. The van der Waals surface area contributed by atoms with Crippen LogP contribution in [-0.2, 0) is 13.0 Å². The molecule has 0 bridgehead atoms. The molecule has 0 aliphatic heterocycles. The van der Waals surface area contributed by atoms with Crippen molar-refractivity contribution in [2.75, 3.05) is 0 Å². The molecular weight excluding hydrogens is 418 g/mol. The Morgan fingerprint density at radius 3 is 2.18 bits per heavy atom. The molecule has 0 fully saturated rings. The van der Waals surface area contributed by atoms with Gasteiger partial charge < -0.3 is 9.67 Å². The van der Waals surface area contributed by atoms with Crippen LogP contribution in [0.25, 0.3) is 21.8 Å². The van der Waals surface area contributed by atoms with E-state index in [1.165, 1.54) is 5.56 Å². The third-order valence-corrected chi connectivity index (χ3v) is 6.92. The highest BCUT2D eigenvalue weighted by Crippen LogP contribution is 2.33. The Morgan fingerprint density at radius 2 is 1.47 bits per heavy atom. The van der Waals surface area contributed by atoms with Crippen molar-refractivity contribution in [2.24, 2.45) is 0 Å². The Balaban J connectivity index is 1.60. The number of benzene rings is 4. The Hall–Kier alpha value is -3.69. The van der Waals surface area contributed by atoms with Crippen LogP contribution in [0.5, 0.6) is 0 Å². The highest BCUT2D eigenvalue weighted by molar-refractivity contribution is 6.15. The first kappa shape index (κ1) is 22.1. The number of fused-ring (bicyclic) bond motifs is 3. The minimum atomic E-state index is -0.595. The lowest BCUT2D eigenvalue weighted by Gasteiger charge is -2.13. The van der Waals surface area contributed by atoms with E-state index >= 15 is 0 Å². The number of aliphatic hydroxyl groups is 1. The molecule has 0 aliphatic rings. The molecule has 34 heavy (non-hydrogen) atoms. The van der Waals surface area contributed by atoms with E-state index in [9.17, 15) is 9.90 Å². The minimum Gasteiger partial charge on any atom is -0.388 e. The van der Waals surface area contributed by atoms with Crippen LogP contribution in [0.4, 0.5) is 0 Å². The van der Waals surface area contributed by atoms with Crippen LogP contribution in [0.3, 0.4) is 0 Å². The second kappa shape index (κ2) is 8.92. The molecule has 4 aromatic carbocycles. The van der Waals surface area contributed by atoms with Crippen molar-refractivity contribution >= 4 is 27.6 Å². The Morgan fingerprint density at radius 1 is 0.824 bits per heavy atom. The average molecular weight is 448 g/mol. The van der Waals surface area contributed by atoms with Crippen LogP contribution < -0.4 is 0 Å². The monoisotopic (exact) mass is 447 g/mol. The molecule has 1 N–H and O–H groups in total. The third-order valence-electron chi connectivity index (χ3n) is 6.92. The molecule has 3 nitrogen and oxygen atoms in total. The summed E-state index contributed by atoms with van der Waals surface area (Å²) in [7, 11) is 0. The molecule has 5 aromatic rings. The van der Waals surface area contributed by atoms with Gasteiger partial charge >= 0.3 is 0 Å². The molecule has 0 aliphatic carbocycles. The first-order chi connectivity index (χ1) is 16.5. The Labute approximate surface area is 200 Å². The molecule has 1 atom stereocenters. The molecule has 0 saturated carbocycles. The fourth-order valence-electron chi connectivity index (χ4n) is 4.96. The van der Waals surface area contributed by atoms with E-state index in [0.717, 1.165) is 50.6 Å². The fourth-order valence-corrected chi connectivity index (χ4v) is 4.96. The van der Waals surface area contributed by atoms with Gasteiger partial charge in [-0.05, 0) is 73.4 Å². The van der Waals surface area contributed by atoms with Crippen molar-refractivity contribution in [3.8, 4) is 0 Å². The van der Waals surface area contributed by atoms with E-state index < -0.39 is 6.10 Å². The second-order valence-electron chi connectivity index (χ2n) is 9.04. The number of rotatable bonds is 6. The average Bonchev–Trinajstić information content (AvgIpc) is 3.17. The Bertz CT molecular complexity index is 1530. The zero-order chi connectivity index (χ0) is 23.8. The van der Waals surface area contributed by atoms with Crippen LogP contribution in [0.1, 0.15) is 51.2 Å². The number of aromatic nitrogens is 1. The maximum absolute atomic E-state index is 13.3. The van der Waals surface area contributed by atoms with E-state index in [4.69, 9.17) is 0 Å². The van der Waals surface area contributed by atoms with Crippen LogP contribution >= 0.6 is 0 Å². The van der Waals surface area contributed by atoms with E-state index in [0.29, 0.717) is 12.0 Å². The van der Waals surface area contributed by atoms with Crippen LogP contribution in [0.15, 0.2) is 84.9 Å². The van der Waals surface area contributed by atoms with Gasteiger partial charge in [-0.15, -0.1) is 0 Å². The van der Waals surface area contributed by atoms with Crippen LogP contribution in [-0.4, -0.2) is 15.5 Å². The largest absolute Gasteiger partial charge is 0.388 e. The van der Waals surface area contributed by atoms with Crippen molar-refractivity contribution in [1.82, 2.24) is 4.57 Å². The number of aliphatic hydroxyl groups excluding tert-OH is 1. The predicted molar refractivity (Wildman–Crippen MR) is 140 cm³/mol. The van der Waals surface area contributed by atoms with Gasteiger partial charge in [0.15, 0.2) is 5.78 Å². The van der Waals surface area contributed by atoms with Gasteiger partial charge in [0.25, 0.3) is 0 Å². The number of hydrogen-bond donors (Lipinski definition) is 1. The molecule has 0 amide bonds. The van der Waals surface area contributed by atoms with Gasteiger partial charge in [0.05, 0.1) is 6.10 Å². The SMILES string of the molecule is CCn1c2ccc(C(=O)c3ccccc3C)cc2c2cc(C(O)Cc3ccccc3C)ccc21. The second-order valence-corrected chi connectivity index (χ2v) is 9.04. The molecule has 1 aromatic heterocycles. The summed E-state index contributed by atoms with van der Waals surface area (Å²) in [6, 6.07) is 28.1. The minimum absolute atomic E-state index is 0.0353. The van der Waals surface area contributed by atoms with Gasteiger partial charge in [0, 0.05) is 45.9 Å². The van der Waals surface area contributed by atoms with Crippen molar-refractivity contribution < 1.29 is 9.90 Å². The summed E-state index contributed by atoms with van der Waals surface area (Å²) in [6.45, 7) is 7.01. The number of hydrogen-bond acceptors (Lipinski definition) is 2. The van der Waals surface area contributed by atoms with Crippen LogP contribution in [0, 0.1) is 13.8 Å². The molecule has 0 saturated heterocycles. The summed E-state index contributed by atoms with van der Waals surface area (Å²) in [5, 5.41) is 13.2. The quantitative estimate of drug-likeness (QED) is 0.287. The summed E-state index contributed by atoms with van der Waals surface area (Å²) in [6.07, 6.45) is -0.0240. The summed E-state index contributed by atoms with van der Waals surface area (Å²) in [5.74, 6) is 0.0353. The first-order valence-electron chi connectivity index (χ1n) is 11.9. The van der Waals surface area contributed by atoms with Crippen molar-refractivity contribution in [3.63, 3.8) is 0 Å². The van der Waals surface area contributed by atoms with Crippen molar-refractivity contribution in [3.05, 3.63) is 118 Å². The predicted octanol–water partition coefficient (Wildman–Crippen LogP) is 6.94. The molecule has 1 unspecified atom stereocenters. The van der Waals surface area contributed by atoms with E-state index in [1.807, 2.05) is 67.6 Å². The normalized spacial score (nSPS) is 12.4. The third kappa shape index (κ3) is 3.82. The lowest BCUT2D eigenvalue weighted by molar-refractivity contribution is 0.103. The summed E-state index contributed by atoms with van der Waals surface area (Å²) >= 11 is 0. The molecule has 170 valence electrons. The van der Waals surface area contributed by atoms with Crippen molar-refractivity contribution in [2.45, 2.75) is 39.8 Å². The molecule has 3 heteroatoms. The molecule has 0 radical (unpaired) electrons. The van der Waals surface area contributed by atoms with E-state index in [1.54, 1.807) is 0 Å². The van der Waals surface area contributed by atoms with Gasteiger partial charge in [-0.3, -0.25) is 4.79 Å². The smallest absolute Gasteiger partial charge is 0.193 e. The highest BCUT2D eigenvalue weighted by Gasteiger charge is 2.17. The van der Waals surface area contributed by atoms with Gasteiger partial charge in [-0.1, -0.05) is 54.6 Å². The number of aryl methyl sites for hydroxylation is 3. The van der Waals surface area contributed by atoms with Gasteiger partial charge in [0.1, 0.15) is 0 Å². The molecular formula is C31H29NO2. The molecule has 1 heterocycles. The first-order valence-corrected chi connectivity index (χ1v) is 11.9. The van der Waals surface area contributed by atoms with Gasteiger partial charge in [0.2, 0.25) is 0 Å². The Kier molecular flexibility index (Phi) is 5.80. The standard InChI is InChI=1S/C31H29NO2/c1-4-32-28-15-13-23(30(33)19-22-11-7-5-9-20(22)2)17-26(28)27-18-24(14-16-29(27)32)31(34)25-12-8-6-10-21(25)3/h5-18,30,33H,4,19H2,1-3H3. The lowest BCUT2D eigenvalue weighted by atomic mass is 9.96.